The number of rotatable bonds is 4. The van der Waals surface area contributed by atoms with Crippen molar-refractivity contribution in [1.29, 1.82) is 0 Å². The highest BCUT2D eigenvalue weighted by Crippen LogP contribution is 2.15. The van der Waals surface area contributed by atoms with Gasteiger partial charge in [0, 0.05) is 12.6 Å². The molecule has 1 N–H and O–H groups in total. The Bertz CT molecular complexity index is 354. The van der Waals surface area contributed by atoms with Crippen molar-refractivity contribution >= 4 is 11.6 Å². The molecule has 0 atom stereocenters. The van der Waals surface area contributed by atoms with Gasteiger partial charge in [-0.15, -0.1) is 0 Å². The smallest absolute Gasteiger partial charge is 0.221 e. The van der Waals surface area contributed by atoms with Crippen molar-refractivity contribution in [3.8, 4) is 5.75 Å². The van der Waals surface area contributed by atoms with Crippen molar-refractivity contribution in [3.63, 3.8) is 0 Å². The van der Waals surface area contributed by atoms with Gasteiger partial charge in [-0.3, -0.25) is 4.79 Å². The van der Waals surface area contributed by atoms with E-state index in [1.807, 2.05) is 31.2 Å². The molecule has 1 amide bonds. The van der Waals surface area contributed by atoms with E-state index in [0.29, 0.717) is 12.3 Å². The van der Waals surface area contributed by atoms with Crippen LogP contribution < -0.4 is 10.1 Å². The molecule has 1 rings (SSSR count). The molecule has 0 fully saturated rings. The molecule has 0 aliphatic rings. The van der Waals surface area contributed by atoms with Gasteiger partial charge in [0.25, 0.3) is 0 Å². The minimum Gasteiger partial charge on any atom is -0.494 e. The second-order valence-corrected chi connectivity index (χ2v) is 3.12. The number of carbonyl (C=O) groups excluding carboxylic acids is 1. The second kappa shape index (κ2) is 5.20. The molecule has 0 bridgehead atoms. The van der Waals surface area contributed by atoms with E-state index in [1.165, 1.54) is 6.92 Å². The number of ether oxygens (including phenoxy) is 1. The van der Waals surface area contributed by atoms with Crippen LogP contribution in [0, 0.1) is 0 Å². The van der Waals surface area contributed by atoms with E-state index in [2.05, 4.69) is 11.9 Å². The summed E-state index contributed by atoms with van der Waals surface area (Å²) in [5, 5.41) is 2.64. The molecule has 0 aliphatic carbocycles. The van der Waals surface area contributed by atoms with Gasteiger partial charge < -0.3 is 10.1 Å². The molecule has 0 radical (unpaired) electrons. The monoisotopic (exact) mass is 205 g/mol. The zero-order valence-electron chi connectivity index (χ0n) is 9.04. The average Bonchev–Trinajstić information content (AvgIpc) is 2.18. The molecule has 0 aromatic heterocycles. The Morgan fingerprint density at radius 3 is 2.47 bits per heavy atom. The molecular weight excluding hydrogens is 190 g/mol. The molecule has 0 saturated heterocycles. The maximum atomic E-state index is 10.8. The SMILES string of the molecule is C=C(NC(C)=O)c1ccc(OCC)cc1. The summed E-state index contributed by atoms with van der Waals surface area (Å²) in [6.07, 6.45) is 0. The lowest BCUT2D eigenvalue weighted by molar-refractivity contribution is -0.117. The molecular formula is C12H15NO2. The lowest BCUT2D eigenvalue weighted by Gasteiger charge is -2.07. The summed E-state index contributed by atoms with van der Waals surface area (Å²) in [7, 11) is 0. The summed E-state index contributed by atoms with van der Waals surface area (Å²) in [5.74, 6) is 0.700. The van der Waals surface area contributed by atoms with Gasteiger partial charge in [-0.05, 0) is 36.8 Å². The normalized spacial score (nSPS) is 9.47. The first kappa shape index (κ1) is 11.3. The lowest BCUT2D eigenvalue weighted by atomic mass is 10.1. The summed E-state index contributed by atoms with van der Waals surface area (Å²) in [6, 6.07) is 7.43. The lowest BCUT2D eigenvalue weighted by Crippen LogP contribution is -2.17. The predicted molar refractivity (Wildman–Crippen MR) is 60.5 cm³/mol. The van der Waals surface area contributed by atoms with Crippen LogP contribution in [0.3, 0.4) is 0 Å². The van der Waals surface area contributed by atoms with Gasteiger partial charge in [0.05, 0.1) is 6.61 Å². The van der Waals surface area contributed by atoms with Crippen LogP contribution in [0.25, 0.3) is 5.70 Å². The number of nitrogens with one attached hydrogen (secondary N) is 1. The van der Waals surface area contributed by atoms with Crippen LogP contribution in [0.2, 0.25) is 0 Å². The van der Waals surface area contributed by atoms with Gasteiger partial charge in [-0.2, -0.15) is 0 Å². The molecule has 80 valence electrons. The summed E-state index contributed by atoms with van der Waals surface area (Å²) >= 11 is 0. The Balaban J connectivity index is 2.71. The molecule has 0 unspecified atom stereocenters. The van der Waals surface area contributed by atoms with Crippen molar-refractivity contribution < 1.29 is 9.53 Å². The minimum atomic E-state index is -0.117. The standard InChI is InChI=1S/C12H15NO2/c1-4-15-12-7-5-11(6-8-12)9(2)13-10(3)14/h5-8H,2,4H2,1,3H3,(H,13,14). The maximum absolute atomic E-state index is 10.8. The van der Waals surface area contributed by atoms with Crippen LogP contribution in [0.15, 0.2) is 30.8 Å². The van der Waals surface area contributed by atoms with Crippen molar-refractivity contribution in [3.05, 3.63) is 36.4 Å². The van der Waals surface area contributed by atoms with E-state index in [9.17, 15) is 4.79 Å². The topological polar surface area (TPSA) is 38.3 Å². The first-order valence-corrected chi connectivity index (χ1v) is 4.83. The molecule has 0 heterocycles. The van der Waals surface area contributed by atoms with Crippen LogP contribution in [0.4, 0.5) is 0 Å². The molecule has 0 spiro atoms. The van der Waals surface area contributed by atoms with Gasteiger partial charge in [0.2, 0.25) is 5.91 Å². The molecule has 1 aromatic carbocycles. The van der Waals surface area contributed by atoms with Crippen LogP contribution >= 0.6 is 0 Å². The molecule has 0 saturated carbocycles. The first-order valence-electron chi connectivity index (χ1n) is 4.83. The maximum Gasteiger partial charge on any atom is 0.221 e. The van der Waals surface area contributed by atoms with E-state index in [1.54, 1.807) is 0 Å². The van der Waals surface area contributed by atoms with Gasteiger partial charge in [-0.25, -0.2) is 0 Å². The van der Waals surface area contributed by atoms with Gasteiger partial charge in [0.15, 0.2) is 0 Å². The van der Waals surface area contributed by atoms with Crippen LogP contribution in [-0.4, -0.2) is 12.5 Å². The minimum absolute atomic E-state index is 0.117. The molecule has 3 nitrogen and oxygen atoms in total. The third-order valence-corrected chi connectivity index (χ3v) is 1.84. The third kappa shape index (κ3) is 3.46. The van der Waals surface area contributed by atoms with Gasteiger partial charge in [0.1, 0.15) is 5.75 Å². The van der Waals surface area contributed by atoms with E-state index >= 15 is 0 Å². The van der Waals surface area contributed by atoms with Crippen molar-refractivity contribution in [2.45, 2.75) is 13.8 Å². The number of hydrogen-bond acceptors (Lipinski definition) is 2. The Hall–Kier alpha value is -1.77. The number of benzene rings is 1. The zero-order valence-corrected chi connectivity index (χ0v) is 9.04. The van der Waals surface area contributed by atoms with Gasteiger partial charge >= 0.3 is 0 Å². The predicted octanol–water partition coefficient (Wildman–Crippen LogP) is 2.19. The highest BCUT2D eigenvalue weighted by molar-refractivity contribution is 5.84. The van der Waals surface area contributed by atoms with Crippen LogP contribution in [0.1, 0.15) is 19.4 Å². The summed E-state index contributed by atoms with van der Waals surface area (Å²) in [5.41, 5.74) is 1.49. The highest BCUT2D eigenvalue weighted by Gasteiger charge is 2.00. The Morgan fingerprint density at radius 2 is 2.00 bits per heavy atom. The quantitative estimate of drug-likeness (QED) is 0.818. The molecule has 3 heteroatoms. The molecule has 1 aromatic rings. The Labute approximate surface area is 89.8 Å². The van der Waals surface area contributed by atoms with Crippen molar-refractivity contribution in [2.24, 2.45) is 0 Å². The summed E-state index contributed by atoms with van der Waals surface area (Å²) < 4.78 is 5.30. The van der Waals surface area contributed by atoms with E-state index in [4.69, 9.17) is 4.74 Å². The molecule has 15 heavy (non-hydrogen) atoms. The number of hydrogen-bond donors (Lipinski definition) is 1. The first-order chi connectivity index (χ1) is 7.13. The Morgan fingerprint density at radius 1 is 1.40 bits per heavy atom. The molecule has 0 aliphatic heterocycles. The van der Waals surface area contributed by atoms with Crippen LogP contribution in [-0.2, 0) is 4.79 Å². The van der Waals surface area contributed by atoms with Gasteiger partial charge in [-0.1, -0.05) is 6.58 Å². The summed E-state index contributed by atoms with van der Waals surface area (Å²) in [4.78, 5) is 10.8. The van der Waals surface area contributed by atoms with Crippen LogP contribution in [0.5, 0.6) is 5.75 Å². The summed E-state index contributed by atoms with van der Waals surface area (Å²) in [6.45, 7) is 7.81. The number of amides is 1. The second-order valence-electron chi connectivity index (χ2n) is 3.12. The highest BCUT2D eigenvalue weighted by atomic mass is 16.5. The fraction of sp³-hybridized carbons (Fsp3) is 0.250. The van der Waals surface area contributed by atoms with Crippen molar-refractivity contribution in [2.75, 3.05) is 6.61 Å². The Kier molecular flexibility index (Phi) is 3.92. The number of carbonyl (C=O) groups is 1. The van der Waals surface area contributed by atoms with E-state index in [-0.39, 0.29) is 5.91 Å². The van der Waals surface area contributed by atoms with Crippen molar-refractivity contribution in [1.82, 2.24) is 5.32 Å². The fourth-order valence-electron chi connectivity index (χ4n) is 1.20. The third-order valence-electron chi connectivity index (χ3n) is 1.84. The zero-order chi connectivity index (χ0) is 11.3. The average molecular weight is 205 g/mol. The van der Waals surface area contributed by atoms with E-state index < -0.39 is 0 Å². The van der Waals surface area contributed by atoms with E-state index in [0.717, 1.165) is 11.3 Å². The fourth-order valence-corrected chi connectivity index (χ4v) is 1.20. The largest absolute Gasteiger partial charge is 0.494 e.